The van der Waals surface area contributed by atoms with E-state index in [1.54, 1.807) is 0 Å². The van der Waals surface area contributed by atoms with Gasteiger partial charge in [-0.15, -0.1) is 0 Å². The van der Waals surface area contributed by atoms with Crippen LogP contribution in [0.4, 0.5) is 0 Å². The molecule has 5 aliphatic rings. The van der Waals surface area contributed by atoms with Crippen molar-refractivity contribution in [2.24, 2.45) is 50.7 Å². The maximum Gasteiger partial charge on any atom is 0.159 e. The molecule has 5 aliphatic carbocycles. The topological polar surface area (TPSA) is 57.5 Å². The average molecular weight is 457 g/mol. The Kier molecular flexibility index (Phi) is 5.24. The standard InChI is InChI=1S/C30H48O3/c1-26(2)21-10-13-28(5)17-18-16-20(31)25-27(3,4)24(33)11-14-29(25,6)19(18)8-9-22(28)30(21,7)15-12-23(26)32/h16,19,21-25,32-33H,8-15,17H2,1-7H3/t19-,21-,22-,23?,24?,25-,28-,29+,30-/m0/s1. The number of rotatable bonds is 0. The van der Waals surface area contributed by atoms with Gasteiger partial charge < -0.3 is 10.2 Å². The van der Waals surface area contributed by atoms with Crippen LogP contribution in [-0.2, 0) is 4.79 Å². The van der Waals surface area contributed by atoms with Gasteiger partial charge >= 0.3 is 0 Å². The molecule has 0 aliphatic heterocycles. The number of carbonyl (C=O) groups is 1. The van der Waals surface area contributed by atoms with Crippen LogP contribution in [0.1, 0.15) is 106 Å². The largest absolute Gasteiger partial charge is 0.393 e. The van der Waals surface area contributed by atoms with Crippen molar-refractivity contribution in [1.29, 1.82) is 0 Å². The molecule has 3 heteroatoms. The molecule has 33 heavy (non-hydrogen) atoms. The molecule has 0 aromatic carbocycles. The maximum absolute atomic E-state index is 13.6. The molecule has 0 spiro atoms. The summed E-state index contributed by atoms with van der Waals surface area (Å²) in [5.74, 6) is 1.86. The Morgan fingerprint density at radius 3 is 2.00 bits per heavy atom. The van der Waals surface area contributed by atoms with Crippen LogP contribution in [0.3, 0.4) is 0 Å². The van der Waals surface area contributed by atoms with Crippen LogP contribution < -0.4 is 0 Å². The zero-order chi connectivity index (χ0) is 24.2. The highest BCUT2D eigenvalue weighted by atomic mass is 16.3. The van der Waals surface area contributed by atoms with Gasteiger partial charge in [0.05, 0.1) is 12.2 Å². The number of allylic oxidation sites excluding steroid dienone is 2. The van der Waals surface area contributed by atoms with Crippen LogP contribution >= 0.6 is 0 Å². The molecule has 0 heterocycles. The van der Waals surface area contributed by atoms with Crippen LogP contribution in [0.5, 0.6) is 0 Å². The summed E-state index contributed by atoms with van der Waals surface area (Å²) in [4.78, 5) is 13.6. The van der Waals surface area contributed by atoms with Crippen molar-refractivity contribution >= 4 is 5.78 Å². The fraction of sp³-hybridized carbons (Fsp3) is 0.900. The Morgan fingerprint density at radius 1 is 0.727 bits per heavy atom. The lowest BCUT2D eigenvalue weighted by Crippen LogP contribution is -2.58. The van der Waals surface area contributed by atoms with E-state index < -0.39 is 6.10 Å². The molecule has 3 nitrogen and oxygen atoms in total. The molecule has 4 saturated carbocycles. The molecule has 0 aromatic rings. The van der Waals surface area contributed by atoms with E-state index >= 15 is 0 Å². The van der Waals surface area contributed by atoms with E-state index in [-0.39, 0.29) is 44.9 Å². The summed E-state index contributed by atoms with van der Waals surface area (Å²) < 4.78 is 0. The number of aliphatic hydroxyl groups excluding tert-OH is 2. The summed E-state index contributed by atoms with van der Waals surface area (Å²) in [7, 11) is 0. The van der Waals surface area contributed by atoms with Gasteiger partial charge in [-0.3, -0.25) is 4.79 Å². The van der Waals surface area contributed by atoms with Crippen LogP contribution in [0.15, 0.2) is 11.6 Å². The first-order valence-electron chi connectivity index (χ1n) is 13.8. The zero-order valence-corrected chi connectivity index (χ0v) is 22.2. The molecule has 0 aromatic heterocycles. The first-order chi connectivity index (χ1) is 15.2. The van der Waals surface area contributed by atoms with Crippen molar-refractivity contribution < 1.29 is 15.0 Å². The Labute approximate surface area is 201 Å². The van der Waals surface area contributed by atoms with E-state index in [4.69, 9.17) is 0 Å². The minimum absolute atomic E-state index is 0.0246. The van der Waals surface area contributed by atoms with Crippen LogP contribution in [0, 0.1) is 50.7 Å². The lowest BCUT2D eigenvalue weighted by atomic mass is 9.42. The molecule has 5 rings (SSSR count). The third-order valence-corrected chi connectivity index (χ3v) is 12.6. The zero-order valence-electron chi connectivity index (χ0n) is 22.2. The van der Waals surface area contributed by atoms with Crippen LogP contribution in [0.2, 0.25) is 0 Å². The Morgan fingerprint density at radius 2 is 1.33 bits per heavy atom. The molecule has 0 radical (unpaired) electrons. The third-order valence-electron chi connectivity index (χ3n) is 12.6. The van der Waals surface area contributed by atoms with Crippen LogP contribution in [0.25, 0.3) is 0 Å². The molecule has 9 atom stereocenters. The molecule has 4 fully saturated rings. The lowest BCUT2D eigenvalue weighted by Gasteiger charge is -2.63. The minimum atomic E-state index is -0.393. The number of fused-ring (bicyclic) bond motifs is 6. The molecule has 2 unspecified atom stereocenters. The highest BCUT2D eigenvalue weighted by molar-refractivity contribution is 5.95. The molecule has 2 N–H and O–H groups in total. The maximum atomic E-state index is 13.6. The van der Waals surface area contributed by atoms with Gasteiger partial charge in [-0.25, -0.2) is 0 Å². The summed E-state index contributed by atoms with van der Waals surface area (Å²) in [6.07, 6.45) is 11.1. The molecule has 0 bridgehead atoms. The second-order valence-electron chi connectivity index (χ2n) is 14.9. The SMILES string of the molecule is CC1(C)C(O)CC[C@@]2(C)[C@H]1CC[C@@]1(C)CC3=CC(=O)[C@H]4C(C)(C)C(O)CC[C@]4(C)[C@H]3CC[C@@H]12. The van der Waals surface area contributed by atoms with Crippen molar-refractivity contribution in [3.05, 3.63) is 11.6 Å². The Hall–Kier alpha value is -0.670. The van der Waals surface area contributed by atoms with Crippen molar-refractivity contribution in [3.8, 4) is 0 Å². The molecule has 0 amide bonds. The second-order valence-corrected chi connectivity index (χ2v) is 14.9. The first kappa shape index (κ1) is 24.0. The average Bonchev–Trinajstić information content (AvgIpc) is 2.85. The number of hydrogen-bond acceptors (Lipinski definition) is 3. The Balaban J connectivity index is 1.54. The summed E-state index contributed by atoms with van der Waals surface area (Å²) >= 11 is 0. The van der Waals surface area contributed by atoms with Gasteiger partial charge in [-0.2, -0.15) is 0 Å². The Bertz CT molecular complexity index is 870. The van der Waals surface area contributed by atoms with Gasteiger partial charge in [-0.05, 0) is 103 Å². The first-order valence-corrected chi connectivity index (χ1v) is 13.8. The lowest BCUT2D eigenvalue weighted by molar-refractivity contribution is -0.170. The summed E-state index contributed by atoms with van der Waals surface area (Å²) in [5.41, 5.74) is 1.48. The third kappa shape index (κ3) is 3.09. The van der Waals surface area contributed by atoms with E-state index in [0.717, 1.165) is 32.1 Å². The van der Waals surface area contributed by atoms with Gasteiger partial charge in [-0.1, -0.05) is 54.0 Å². The quantitative estimate of drug-likeness (QED) is 0.448. The highest BCUT2D eigenvalue weighted by Gasteiger charge is 2.64. The second kappa shape index (κ2) is 7.19. The van der Waals surface area contributed by atoms with Gasteiger partial charge in [0, 0.05) is 11.3 Å². The van der Waals surface area contributed by atoms with Gasteiger partial charge in [0.15, 0.2) is 5.78 Å². The summed E-state index contributed by atoms with van der Waals surface area (Å²) in [6.45, 7) is 16.3. The highest BCUT2D eigenvalue weighted by Crippen LogP contribution is 2.70. The smallest absolute Gasteiger partial charge is 0.159 e. The number of hydrogen-bond donors (Lipinski definition) is 2. The number of ketones is 1. The molecular formula is C30H48O3. The predicted molar refractivity (Wildman–Crippen MR) is 132 cm³/mol. The van der Waals surface area contributed by atoms with Gasteiger partial charge in [0.25, 0.3) is 0 Å². The van der Waals surface area contributed by atoms with E-state index in [2.05, 4.69) is 48.5 Å². The van der Waals surface area contributed by atoms with E-state index in [1.165, 1.54) is 31.3 Å². The molecular weight excluding hydrogens is 408 g/mol. The van der Waals surface area contributed by atoms with Gasteiger partial charge in [0.1, 0.15) is 0 Å². The van der Waals surface area contributed by atoms with Crippen LogP contribution in [-0.4, -0.2) is 28.2 Å². The van der Waals surface area contributed by atoms with Gasteiger partial charge in [0.2, 0.25) is 0 Å². The van der Waals surface area contributed by atoms with Crippen molar-refractivity contribution in [2.75, 3.05) is 0 Å². The van der Waals surface area contributed by atoms with Crippen molar-refractivity contribution in [2.45, 2.75) is 118 Å². The minimum Gasteiger partial charge on any atom is -0.393 e. The number of carbonyl (C=O) groups excluding carboxylic acids is 1. The molecule has 186 valence electrons. The van der Waals surface area contributed by atoms with E-state index in [0.29, 0.717) is 17.8 Å². The summed E-state index contributed by atoms with van der Waals surface area (Å²) in [5, 5.41) is 21.7. The van der Waals surface area contributed by atoms with E-state index in [1.807, 2.05) is 6.08 Å². The monoisotopic (exact) mass is 456 g/mol. The predicted octanol–water partition coefficient (Wildman–Crippen LogP) is 6.32. The fourth-order valence-corrected chi connectivity index (χ4v) is 10.9. The van der Waals surface area contributed by atoms with Crippen molar-refractivity contribution in [1.82, 2.24) is 0 Å². The molecule has 0 saturated heterocycles. The number of aliphatic hydroxyl groups is 2. The summed E-state index contributed by atoms with van der Waals surface area (Å²) in [6, 6.07) is 0. The van der Waals surface area contributed by atoms with Crippen molar-refractivity contribution in [3.63, 3.8) is 0 Å². The normalized spacial score (nSPS) is 53.0. The van der Waals surface area contributed by atoms with E-state index in [9.17, 15) is 15.0 Å². The fourth-order valence-electron chi connectivity index (χ4n) is 10.9.